The summed E-state index contributed by atoms with van der Waals surface area (Å²) in [7, 11) is 1.33. The van der Waals surface area contributed by atoms with Crippen molar-refractivity contribution in [2.45, 2.75) is 57.2 Å². The predicted molar refractivity (Wildman–Crippen MR) is 123 cm³/mol. The van der Waals surface area contributed by atoms with Crippen LogP contribution in [0.15, 0.2) is 41.7 Å². The van der Waals surface area contributed by atoms with Gasteiger partial charge in [-0.15, -0.1) is 0 Å². The van der Waals surface area contributed by atoms with Crippen LogP contribution in [0.1, 0.15) is 51.1 Å². The number of carbonyl (C=O) groups excluding carboxylic acids is 2. The molecule has 0 radical (unpaired) electrons. The van der Waals surface area contributed by atoms with Gasteiger partial charge in [0.1, 0.15) is 6.29 Å². The summed E-state index contributed by atoms with van der Waals surface area (Å²) < 4.78 is 6.96. The molecule has 4 rings (SSSR count). The third-order valence-electron chi connectivity index (χ3n) is 6.35. The van der Waals surface area contributed by atoms with Crippen molar-refractivity contribution in [2.75, 3.05) is 12.0 Å². The molecule has 0 spiro atoms. The van der Waals surface area contributed by atoms with Crippen LogP contribution in [0, 0.1) is 5.92 Å². The number of halogens is 1. The Morgan fingerprint density at radius 1 is 1.28 bits per heavy atom. The molecule has 2 heterocycles. The summed E-state index contributed by atoms with van der Waals surface area (Å²) in [6.45, 7) is 3.40. The normalized spacial score (nSPS) is 23.8. The minimum absolute atomic E-state index is 0.142. The first-order valence-corrected chi connectivity index (χ1v) is 11.2. The van der Waals surface area contributed by atoms with E-state index in [2.05, 4.69) is 0 Å². The summed E-state index contributed by atoms with van der Waals surface area (Å²) in [6, 6.07) is 3.20. The van der Waals surface area contributed by atoms with Gasteiger partial charge >= 0.3 is 5.97 Å². The van der Waals surface area contributed by atoms with Crippen LogP contribution in [0.2, 0.25) is 0 Å². The molecule has 2 aliphatic rings. The van der Waals surface area contributed by atoms with Crippen LogP contribution in [0.3, 0.4) is 0 Å². The molecule has 1 fully saturated rings. The SMILES string of the molecule is COC(=O)C1C(Cl)=CC=CN1c1cc2cn(C3CCC(C=O)CC3)nc2cc1C(C)(C)O. The maximum Gasteiger partial charge on any atom is 0.334 e. The number of allylic oxidation sites excluding steroid dienone is 2. The average molecular weight is 458 g/mol. The number of aldehydes is 1. The first-order valence-electron chi connectivity index (χ1n) is 10.8. The number of aromatic nitrogens is 2. The average Bonchev–Trinajstić information content (AvgIpc) is 3.20. The fourth-order valence-corrected chi connectivity index (χ4v) is 4.83. The number of fused-ring (bicyclic) bond motifs is 1. The monoisotopic (exact) mass is 457 g/mol. The molecule has 1 aromatic heterocycles. The Bertz CT molecular complexity index is 1090. The van der Waals surface area contributed by atoms with Gasteiger partial charge in [-0.25, -0.2) is 4.79 Å². The zero-order valence-electron chi connectivity index (χ0n) is 18.5. The van der Waals surface area contributed by atoms with Gasteiger partial charge in [0, 0.05) is 35.0 Å². The smallest absolute Gasteiger partial charge is 0.334 e. The third kappa shape index (κ3) is 4.19. The highest BCUT2D eigenvalue weighted by molar-refractivity contribution is 6.32. The number of rotatable bonds is 5. The molecule has 0 saturated heterocycles. The number of ether oxygens (including phenoxy) is 1. The Balaban J connectivity index is 1.78. The Labute approximate surface area is 192 Å². The largest absolute Gasteiger partial charge is 0.467 e. The highest BCUT2D eigenvalue weighted by Crippen LogP contribution is 2.39. The molecule has 0 amide bonds. The molecule has 1 unspecified atom stereocenters. The lowest BCUT2D eigenvalue weighted by molar-refractivity contribution is -0.141. The van der Waals surface area contributed by atoms with E-state index in [4.69, 9.17) is 21.4 Å². The van der Waals surface area contributed by atoms with Crippen molar-refractivity contribution in [2.24, 2.45) is 5.92 Å². The van der Waals surface area contributed by atoms with Gasteiger partial charge in [-0.3, -0.25) is 4.68 Å². The molecule has 1 atom stereocenters. The highest BCUT2D eigenvalue weighted by atomic mass is 35.5. The lowest BCUT2D eigenvalue weighted by Crippen LogP contribution is -2.41. The molecule has 7 nitrogen and oxygen atoms in total. The van der Waals surface area contributed by atoms with Gasteiger partial charge in [-0.05, 0) is 63.8 Å². The van der Waals surface area contributed by atoms with E-state index >= 15 is 0 Å². The number of esters is 1. The molecule has 1 saturated carbocycles. The minimum atomic E-state index is -1.18. The summed E-state index contributed by atoms with van der Waals surface area (Å²) in [5.74, 6) is -0.344. The molecule has 2 aromatic rings. The van der Waals surface area contributed by atoms with Crippen LogP contribution in [0.4, 0.5) is 5.69 Å². The van der Waals surface area contributed by atoms with E-state index in [1.165, 1.54) is 7.11 Å². The van der Waals surface area contributed by atoms with E-state index in [1.54, 1.807) is 37.1 Å². The number of hydrogen-bond donors (Lipinski definition) is 1. The van der Waals surface area contributed by atoms with Crippen molar-refractivity contribution in [3.8, 4) is 0 Å². The van der Waals surface area contributed by atoms with E-state index in [0.29, 0.717) is 16.3 Å². The lowest BCUT2D eigenvalue weighted by Gasteiger charge is -2.34. The summed E-state index contributed by atoms with van der Waals surface area (Å²) in [5.41, 5.74) is 0.870. The van der Waals surface area contributed by atoms with Crippen molar-refractivity contribution in [3.05, 3.63) is 47.3 Å². The molecular formula is C24H28ClN3O4. The number of methoxy groups -OCH3 is 1. The zero-order valence-corrected chi connectivity index (χ0v) is 19.2. The minimum Gasteiger partial charge on any atom is -0.467 e. The molecule has 1 aliphatic heterocycles. The van der Waals surface area contributed by atoms with Gasteiger partial charge < -0.3 is 19.5 Å². The summed E-state index contributed by atoms with van der Waals surface area (Å²) in [6.07, 6.45) is 11.8. The summed E-state index contributed by atoms with van der Waals surface area (Å²) in [4.78, 5) is 25.3. The Morgan fingerprint density at radius 3 is 2.62 bits per heavy atom. The zero-order chi connectivity index (χ0) is 23.0. The van der Waals surface area contributed by atoms with Crippen molar-refractivity contribution >= 4 is 40.4 Å². The number of anilines is 1. The maximum atomic E-state index is 12.5. The molecule has 8 heteroatoms. The van der Waals surface area contributed by atoms with E-state index < -0.39 is 17.6 Å². The van der Waals surface area contributed by atoms with Crippen molar-refractivity contribution < 1.29 is 19.4 Å². The Hall–Kier alpha value is -2.64. The number of hydrogen-bond acceptors (Lipinski definition) is 6. The van der Waals surface area contributed by atoms with Crippen LogP contribution in [0.5, 0.6) is 0 Å². The first kappa shape index (κ1) is 22.6. The predicted octanol–water partition coefficient (Wildman–Crippen LogP) is 4.19. The van der Waals surface area contributed by atoms with E-state index in [-0.39, 0.29) is 12.0 Å². The van der Waals surface area contributed by atoms with Gasteiger partial charge in [0.15, 0.2) is 6.04 Å². The Kier molecular flexibility index (Phi) is 6.14. The van der Waals surface area contributed by atoms with E-state index in [1.807, 2.05) is 23.0 Å². The van der Waals surface area contributed by atoms with Gasteiger partial charge in [-0.1, -0.05) is 11.6 Å². The van der Waals surface area contributed by atoms with Gasteiger partial charge in [0.25, 0.3) is 0 Å². The molecule has 1 aliphatic carbocycles. The molecule has 1 aromatic carbocycles. The van der Waals surface area contributed by atoms with E-state index in [9.17, 15) is 14.7 Å². The molecule has 170 valence electrons. The third-order valence-corrected chi connectivity index (χ3v) is 6.68. The van der Waals surface area contributed by atoms with Gasteiger partial charge in [-0.2, -0.15) is 5.10 Å². The van der Waals surface area contributed by atoms with Crippen LogP contribution in [-0.4, -0.2) is 40.3 Å². The standard InChI is InChI=1S/C24H28ClN3O4/c1-24(2,31)18-12-20-16(13-28(26-20)17-8-6-15(14-29)7-9-17)11-21(18)27-10-4-5-19(25)22(27)23(30)32-3/h4-5,10-15,17,22,31H,6-9H2,1-3H3. The van der Waals surface area contributed by atoms with Crippen molar-refractivity contribution in [3.63, 3.8) is 0 Å². The number of carbonyl (C=O) groups is 2. The van der Waals surface area contributed by atoms with Crippen LogP contribution in [0.25, 0.3) is 10.9 Å². The fourth-order valence-electron chi connectivity index (χ4n) is 4.57. The van der Waals surface area contributed by atoms with Crippen LogP contribution < -0.4 is 4.90 Å². The van der Waals surface area contributed by atoms with E-state index in [0.717, 1.165) is 42.9 Å². The quantitative estimate of drug-likeness (QED) is 0.535. The molecule has 1 N–H and O–H groups in total. The second-order valence-electron chi connectivity index (χ2n) is 9.03. The Morgan fingerprint density at radius 2 is 2.00 bits per heavy atom. The van der Waals surface area contributed by atoms with Crippen LogP contribution >= 0.6 is 11.6 Å². The number of benzene rings is 1. The first-order chi connectivity index (χ1) is 15.2. The molecular weight excluding hydrogens is 430 g/mol. The van der Waals surface area contributed by atoms with Crippen molar-refractivity contribution in [1.29, 1.82) is 0 Å². The van der Waals surface area contributed by atoms with Gasteiger partial charge in [0.2, 0.25) is 0 Å². The topological polar surface area (TPSA) is 84.7 Å². The second kappa shape index (κ2) is 8.71. The second-order valence-corrected chi connectivity index (χ2v) is 9.46. The highest BCUT2D eigenvalue weighted by Gasteiger charge is 2.34. The molecule has 0 bridgehead atoms. The summed E-state index contributed by atoms with van der Waals surface area (Å²) >= 11 is 6.38. The van der Waals surface area contributed by atoms with Gasteiger partial charge in [0.05, 0.1) is 29.3 Å². The van der Waals surface area contributed by atoms with Crippen LogP contribution in [-0.2, 0) is 19.9 Å². The summed E-state index contributed by atoms with van der Waals surface area (Å²) in [5, 5.41) is 17.0. The number of nitrogens with zero attached hydrogens (tertiary/aromatic N) is 3. The lowest BCUT2D eigenvalue weighted by atomic mass is 9.87. The fraction of sp³-hybridized carbons (Fsp3) is 0.458. The van der Waals surface area contributed by atoms with Crippen molar-refractivity contribution in [1.82, 2.24) is 9.78 Å². The maximum absolute atomic E-state index is 12.5. The number of aliphatic hydroxyl groups is 1. The molecule has 32 heavy (non-hydrogen) atoms.